The van der Waals surface area contributed by atoms with Crippen LogP contribution in [-0.4, -0.2) is 23.7 Å². The van der Waals surface area contributed by atoms with E-state index in [1.54, 1.807) is 4.90 Å². The standard InChI is InChI=1S/C16H23NO2/c1-16(2,3)14(18)11-17-13-9-5-4-7-12(13)8-6-10-15(17)19/h4-5,7,9,14,18H,6,8,10-11H2,1-3H3. The summed E-state index contributed by atoms with van der Waals surface area (Å²) in [7, 11) is 0. The highest BCUT2D eigenvalue weighted by molar-refractivity contribution is 5.94. The number of aryl methyl sites for hydroxylation is 1. The van der Waals surface area contributed by atoms with Gasteiger partial charge in [-0.3, -0.25) is 4.79 Å². The van der Waals surface area contributed by atoms with E-state index < -0.39 is 6.10 Å². The number of carbonyl (C=O) groups is 1. The first-order chi connectivity index (χ1) is 8.89. The van der Waals surface area contributed by atoms with Gasteiger partial charge in [-0.25, -0.2) is 0 Å². The second-order valence-corrected chi connectivity index (χ2v) is 6.37. The molecule has 104 valence electrons. The van der Waals surface area contributed by atoms with Crippen LogP contribution < -0.4 is 4.90 Å². The number of para-hydroxylation sites is 1. The number of benzene rings is 1. The van der Waals surface area contributed by atoms with Crippen LogP contribution in [0.25, 0.3) is 0 Å². The van der Waals surface area contributed by atoms with Gasteiger partial charge in [-0.1, -0.05) is 39.0 Å². The summed E-state index contributed by atoms with van der Waals surface area (Å²) < 4.78 is 0. The predicted octanol–water partition coefficient (Wildman–Crippen LogP) is 2.76. The average Bonchev–Trinajstić information content (AvgIpc) is 2.49. The Morgan fingerprint density at radius 3 is 2.63 bits per heavy atom. The van der Waals surface area contributed by atoms with Crippen LogP contribution in [0.3, 0.4) is 0 Å². The van der Waals surface area contributed by atoms with Gasteiger partial charge in [0.2, 0.25) is 5.91 Å². The third kappa shape index (κ3) is 3.16. The fourth-order valence-electron chi connectivity index (χ4n) is 2.33. The Morgan fingerprint density at radius 2 is 1.95 bits per heavy atom. The minimum atomic E-state index is -0.525. The van der Waals surface area contributed by atoms with E-state index in [0.29, 0.717) is 13.0 Å². The van der Waals surface area contributed by atoms with Crippen LogP contribution in [0.5, 0.6) is 0 Å². The third-order valence-electron chi connectivity index (χ3n) is 3.78. The molecule has 1 heterocycles. The summed E-state index contributed by atoms with van der Waals surface area (Å²) in [5.74, 6) is 0.119. The largest absolute Gasteiger partial charge is 0.391 e. The maximum atomic E-state index is 12.3. The van der Waals surface area contributed by atoms with E-state index in [1.165, 1.54) is 5.56 Å². The number of carbonyl (C=O) groups excluding carboxylic acids is 1. The van der Waals surface area contributed by atoms with Gasteiger partial charge in [0.15, 0.2) is 0 Å². The van der Waals surface area contributed by atoms with Crippen LogP contribution in [0.4, 0.5) is 5.69 Å². The highest BCUT2D eigenvalue weighted by atomic mass is 16.3. The molecule has 0 saturated carbocycles. The fraction of sp³-hybridized carbons (Fsp3) is 0.562. The molecule has 0 fully saturated rings. The van der Waals surface area contributed by atoms with Crippen molar-refractivity contribution < 1.29 is 9.90 Å². The lowest BCUT2D eigenvalue weighted by atomic mass is 9.88. The number of aliphatic hydroxyl groups is 1. The monoisotopic (exact) mass is 261 g/mol. The topological polar surface area (TPSA) is 40.5 Å². The molecule has 1 unspecified atom stereocenters. The molecule has 1 aromatic carbocycles. The number of nitrogens with zero attached hydrogens (tertiary/aromatic N) is 1. The highest BCUT2D eigenvalue weighted by Gasteiger charge is 2.29. The van der Waals surface area contributed by atoms with Gasteiger partial charge >= 0.3 is 0 Å². The first-order valence-electron chi connectivity index (χ1n) is 6.96. The van der Waals surface area contributed by atoms with Gasteiger partial charge in [-0.2, -0.15) is 0 Å². The molecule has 0 aromatic heterocycles. The van der Waals surface area contributed by atoms with Crippen LogP contribution in [0.2, 0.25) is 0 Å². The second kappa shape index (κ2) is 5.33. The van der Waals surface area contributed by atoms with Crippen molar-refractivity contribution in [3.05, 3.63) is 29.8 Å². The Labute approximate surface area is 115 Å². The van der Waals surface area contributed by atoms with E-state index in [1.807, 2.05) is 39.0 Å². The summed E-state index contributed by atoms with van der Waals surface area (Å²) in [6, 6.07) is 8.01. The lowest BCUT2D eigenvalue weighted by Gasteiger charge is -2.32. The molecule has 0 radical (unpaired) electrons. The molecule has 0 aliphatic carbocycles. The summed E-state index contributed by atoms with van der Waals surface area (Å²) in [4.78, 5) is 14.0. The van der Waals surface area contributed by atoms with Gasteiger partial charge in [0, 0.05) is 12.1 Å². The minimum Gasteiger partial charge on any atom is -0.391 e. The molecule has 0 spiro atoms. The molecular weight excluding hydrogens is 238 g/mol. The molecule has 1 N–H and O–H groups in total. The lowest BCUT2D eigenvalue weighted by Crippen LogP contribution is -2.42. The maximum absolute atomic E-state index is 12.3. The number of fused-ring (bicyclic) bond motifs is 1. The van der Waals surface area contributed by atoms with Gasteiger partial charge < -0.3 is 10.0 Å². The zero-order valence-corrected chi connectivity index (χ0v) is 12.0. The van der Waals surface area contributed by atoms with Gasteiger partial charge in [0.25, 0.3) is 0 Å². The quantitative estimate of drug-likeness (QED) is 0.889. The first kappa shape index (κ1) is 14.1. The van der Waals surface area contributed by atoms with Crippen LogP contribution in [0.15, 0.2) is 24.3 Å². The van der Waals surface area contributed by atoms with Crippen molar-refractivity contribution in [2.45, 2.75) is 46.1 Å². The number of amides is 1. The van der Waals surface area contributed by atoms with Gasteiger partial charge in [0.05, 0.1) is 12.6 Å². The Morgan fingerprint density at radius 1 is 1.26 bits per heavy atom. The molecule has 0 saturated heterocycles. The number of hydrogen-bond acceptors (Lipinski definition) is 2. The molecule has 2 rings (SSSR count). The molecule has 3 heteroatoms. The molecule has 1 atom stereocenters. The molecule has 1 aliphatic heterocycles. The van der Waals surface area contributed by atoms with E-state index in [2.05, 4.69) is 6.07 Å². The van der Waals surface area contributed by atoms with Crippen LogP contribution in [-0.2, 0) is 11.2 Å². The lowest BCUT2D eigenvalue weighted by molar-refractivity contribution is -0.119. The smallest absolute Gasteiger partial charge is 0.227 e. The third-order valence-corrected chi connectivity index (χ3v) is 3.78. The Bertz CT molecular complexity index is 462. The fourth-order valence-corrected chi connectivity index (χ4v) is 2.33. The van der Waals surface area contributed by atoms with E-state index in [4.69, 9.17) is 0 Å². The Hall–Kier alpha value is -1.35. The molecule has 0 bridgehead atoms. The summed E-state index contributed by atoms with van der Waals surface area (Å²) in [5.41, 5.74) is 1.95. The van der Waals surface area contributed by atoms with E-state index in [0.717, 1.165) is 18.5 Å². The SMILES string of the molecule is CC(C)(C)C(O)CN1C(=O)CCCc2ccccc21. The minimum absolute atomic E-state index is 0.119. The molecular formula is C16H23NO2. The molecule has 1 aromatic rings. The van der Waals surface area contributed by atoms with Crippen molar-refractivity contribution in [2.24, 2.45) is 5.41 Å². The van der Waals surface area contributed by atoms with Crippen molar-refractivity contribution in [3.8, 4) is 0 Å². The summed E-state index contributed by atoms with van der Waals surface area (Å²) >= 11 is 0. The normalized spacial score (nSPS) is 17.9. The van der Waals surface area contributed by atoms with E-state index >= 15 is 0 Å². The summed E-state index contributed by atoms with van der Waals surface area (Å²) in [5, 5.41) is 10.3. The zero-order chi connectivity index (χ0) is 14.0. The van der Waals surface area contributed by atoms with Gasteiger partial charge in [-0.05, 0) is 29.9 Å². The number of anilines is 1. The maximum Gasteiger partial charge on any atom is 0.227 e. The zero-order valence-electron chi connectivity index (χ0n) is 12.0. The van der Waals surface area contributed by atoms with Gasteiger partial charge in [-0.15, -0.1) is 0 Å². The predicted molar refractivity (Wildman–Crippen MR) is 77.2 cm³/mol. The number of rotatable bonds is 2. The van der Waals surface area contributed by atoms with Crippen molar-refractivity contribution in [2.75, 3.05) is 11.4 Å². The molecule has 3 nitrogen and oxygen atoms in total. The van der Waals surface area contributed by atoms with Crippen molar-refractivity contribution in [1.82, 2.24) is 0 Å². The highest BCUT2D eigenvalue weighted by Crippen LogP contribution is 2.29. The van der Waals surface area contributed by atoms with Gasteiger partial charge in [0.1, 0.15) is 0 Å². The van der Waals surface area contributed by atoms with Crippen molar-refractivity contribution in [3.63, 3.8) is 0 Å². The summed E-state index contributed by atoms with van der Waals surface area (Å²) in [6.07, 6.45) is 1.86. The van der Waals surface area contributed by atoms with Crippen molar-refractivity contribution >= 4 is 11.6 Å². The average molecular weight is 261 g/mol. The molecule has 19 heavy (non-hydrogen) atoms. The Balaban J connectivity index is 2.29. The number of β-amino-alcohol motifs (C(OH)–C–C–N with tert-alkyl or cyclic N) is 1. The summed E-state index contributed by atoms with van der Waals surface area (Å²) in [6.45, 7) is 6.35. The van der Waals surface area contributed by atoms with Crippen LogP contribution in [0, 0.1) is 5.41 Å². The van der Waals surface area contributed by atoms with Crippen LogP contribution >= 0.6 is 0 Å². The van der Waals surface area contributed by atoms with E-state index in [9.17, 15) is 9.90 Å². The Kier molecular flexibility index (Phi) is 3.95. The van der Waals surface area contributed by atoms with Crippen LogP contribution in [0.1, 0.15) is 39.2 Å². The molecule has 1 amide bonds. The molecule has 1 aliphatic rings. The number of aliphatic hydroxyl groups excluding tert-OH is 1. The number of hydrogen-bond donors (Lipinski definition) is 1. The second-order valence-electron chi connectivity index (χ2n) is 6.37. The van der Waals surface area contributed by atoms with E-state index in [-0.39, 0.29) is 11.3 Å². The van der Waals surface area contributed by atoms with Crippen molar-refractivity contribution in [1.29, 1.82) is 0 Å². The first-order valence-corrected chi connectivity index (χ1v) is 6.96.